The van der Waals surface area contributed by atoms with Crippen LogP contribution < -0.4 is 5.73 Å². The monoisotopic (exact) mass is 258 g/mol. The molecule has 2 rings (SSSR count). The molecule has 1 heterocycles. The van der Waals surface area contributed by atoms with Gasteiger partial charge in [0.15, 0.2) is 0 Å². The number of hydrogen-bond acceptors (Lipinski definition) is 2. The van der Waals surface area contributed by atoms with Gasteiger partial charge in [-0.25, -0.2) is 0 Å². The number of benzene rings is 1. The third kappa shape index (κ3) is 3.03. The number of aromatic nitrogens is 1. The summed E-state index contributed by atoms with van der Waals surface area (Å²) in [7, 11) is 0. The Morgan fingerprint density at radius 3 is 2.58 bits per heavy atom. The largest absolute Gasteiger partial charge is 0.480 e. The Bertz CT molecular complexity index is 558. The standard InChI is InChI=1S/C15H18N2O2/c1-2-12-4-3-9-17(12)13-7-5-11(6-8-13)10-14(16)15(18)19/h3-9,14H,2,10,16H2,1H3,(H,18,19)/t14-/m0/s1. The molecule has 1 aromatic carbocycles. The number of aryl methyl sites for hydroxylation is 1. The van der Waals surface area contributed by atoms with Crippen LogP contribution in [0.4, 0.5) is 0 Å². The Kier molecular flexibility index (Phi) is 4.02. The third-order valence-electron chi connectivity index (χ3n) is 3.18. The van der Waals surface area contributed by atoms with Crippen molar-refractivity contribution in [1.29, 1.82) is 0 Å². The SMILES string of the molecule is CCc1cccn1-c1ccc(C[C@H](N)C(=O)O)cc1. The van der Waals surface area contributed by atoms with Crippen LogP contribution in [0.5, 0.6) is 0 Å². The van der Waals surface area contributed by atoms with Crippen LogP contribution in [-0.4, -0.2) is 21.7 Å². The summed E-state index contributed by atoms with van der Waals surface area (Å²) in [6, 6.07) is 11.1. The van der Waals surface area contributed by atoms with Gasteiger partial charge in [-0.2, -0.15) is 0 Å². The molecule has 0 spiro atoms. The molecule has 4 nitrogen and oxygen atoms in total. The Balaban J connectivity index is 2.17. The fourth-order valence-electron chi connectivity index (χ4n) is 2.09. The predicted octanol–water partition coefficient (Wildman–Crippen LogP) is 1.99. The van der Waals surface area contributed by atoms with Crippen molar-refractivity contribution in [2.75, 3.05) is 0 Å². The van der Waals surface area contributed by atoms with E-state index in [-0.39, 0.29) is 0 Å². The molecule has 0 unspecified atom stereocenters. The molecular weight excluding hydrogens is 240 g/mol. The number of nitrogens with two attached hydrogens (primary N) is 1. The van der Waals surface area contributed by atoms with Gasteiger partial charge in [0, 0.05) is 17.6 Å². The van der Waals surface area contributed by atoms with E-state index in [0.717, 1.165) is 17.7 Å². The minimum atomic E-state index is -0.970. The van der Waals surface area contributed by atoms with Gasteiger partial charge in [-0.1, -0.05) is 19.1 Å². The topological polar surface area (TPSA) is 68.2 Å². The molecule has 0 aliphatic rings. The highest BCUT2D eigenvalue weighted by atomic mass is 16.4. The zero-order chi connectivity index (χ0) is 13.8. The summed E-state index contributed by atoms with van der Waals surface area (Å²) < 4.78 is 2.13. The lowest BCUT2D eigenvalue weighted by atomic mass is 10.1. The number of carboxylic acids is 1. The first-order valence-electron chi connectivity index (χ1n) is 6.35. The van der Waals surface area contributed by atoms with Crippen molar-refractivity contribution in [1.82, 2.24) is 4.57 Å². The molecule has 3 N–H and O–H groups in total. The van der Waals surface area contributed by atoms with Crippen molar-refractivity contribution in [2.24, 2.45) is 5.73 Å². The average Bonchev–Trinajstić information content (AvgIpc) is 2.87. The summed E-state index contributed by atoms with van der Waals surface area (Å²) in [4.78, 5) is 10.7. The Morgan fingerprint density at radius 2 is 2.00 bits per heavy atom. The molecule has 100 valence electrons. The van der Waals surface area contributed by atoms with Crippen LogP contribution in [0.1, 0.15) is 18.2 Å². The van der Waals surface area contributed by atoms with Crippen molar-refractivity contribution in [3.8, 4) is 5.69 Å². The number of hydrogen-bond donors (Lipinski definition) is 2. The molecule has 0 bridgehead atoms. The van der Waals surface area contributed by atoms with Crippen molar-refractivity contribution in [2.45, 2.75) is 25.8 Å². The van der Waals surface area contributed by atoms with Gasteiger partial charge in [0.25, 0.3) is 0 Å². The summed E-state index contributed by atoms with van der Waals surface area (Å²) in [5, 5.41) is 8.79. The van der Waals surface area contributed by atoms with E-state index in [0.29, 0.717) is 6.42 Å². The maximum Gasteiger partial charge on any atom is 0.320 e. The van der Waals surface area contributed by atoms with Crippen LogP contribution in [0.15, 0.2) is 42.6 Å². The molecule has 0 aliphatic heterocycles. The second kappa shape index (κ2) is 5.71. The fraction of sp³-hybridized carbons (Fsp3) is 0.267. The van der Waals surface area contributed by atoms with Crippen LogP contribution in [-0.2, 0) is 17.6 Å². The first kappa shape index (κ1) is 13.4. The van der Waals surface area contributed by atoms with Gasteiger partial charge in [0.1, 0.15) is 6.04 Å². The smallest absolute Gasteiger partial charge is 0.320 e. The number of aliphatic carboxylic acids is 1. The Hall–Kier alpha value is -2.07. The zero-order valence-corrected chi connectivity index (χ0v) is 10.9. The van der Waals surface area contributed by atoms with Gasteiger partial charge in [-0.3, -0.25) is 4.79 Å². The molecule has 1 aromatic heterocycles. The summed E-state index contributed by atoms with van der Waals surface area (Å²) in [6.07, 6.45) is 3.34. The van der Waals surface area contributed by atoms with Crippen molar-refractivity contribution < 1.29 is 9.90 Å². The van der Waals surface area contributed by atoms with E-state index < -0.39 is 12.0 Å². The van der Waals surface area contributed by atoms with E-state index in [4.69, 9.17) is 10.8 Å². The highest BCUT2D eigenvalue weighted by Gasteiger charge is 2.12. The summed E-state index contributed by atoms with van der Waals surface area (Å²) in [5.41, 5.74) is 8.78. The summed E-state index contributed by atoms with van der Waals surface area (Å²) in [6.45, 7) is 2.12. The summed E-state index contributed by atoms with van der Waals surface area (Å²) in [5.74, 6) is -0.970. The van der Waals surface area contributed by atoms with Crippen LogP contribution in [0, 0.1) is 0 Å². The van der Waals surface area contributed by atoms with Gasteiger partial charge in [0.2, 0.25) is 0 Å². The number of rotatable bonds is 5. The molecule has 1 atom stereocenters. The number of nitrogens with zero attached hydrogens (tertiary/aromatic N) is 1. The summed E-state index contributed by atoms with van der Waals surface area (Å²) >= 11 is 0. The minimum absolute atomic E-state index is 0.349. The Labute approximate surface area is 112 Å². The van der Waals surface area contributed by atoms with Crippen LogP contribution in [0.2, 0.25) is 0 Å². The lowest BCUT2D eigenvalue weighted by Gasteiger charge is -2.10. The average molecular weight is 258 g/mol. The van der Waals surface area contributed by atoms with Gasteiger partial charge in [-0.05, 0) is 42.7 Å². The van der Waals surface area contributed by atoms with Crippen LogP contribution >= 0.6 is 0 Å². The third-order valence-corrected chi connectivity index (χ3v) is 3.18. The number of carbonyl (C=O) groups is 1. The van der Waals surface area contributed by atoms with Gasteiger partial charge in [0.05, 0.1) is 0 Å². The second-order valence-electron chi connectivity index (χ2n) is 4.54. The van der Waals surface area contributed by atoms with Gasteiger partial charge < -0.3 is 15.4 Å². The maximum absolute atomic E-state index is 10.7. The fourth-order valence-corrected chi connectivity index (χ4v) is 2.09. The van der Waals surface area contributed by atoms with Gasteiger partial charge in [-0.15, -0.1) is 0 Å². The molecular formula is C15H18N2O2. The predicted molar refractivity (Wildman–Crippen MR) is 74.5 cm³/mol. The highest BCUT2D eigenvalue weighted by molar-refractivity contribution is 5.73. The zero-order valence-electron chi connectivity index (χ0n) is 10.9. The lowest BCUT2D eigenvalue weighted by Crippen LogP contribution is -2.32. The highest BCUT2D eigenvalue weighted by Crippen LogP contribution is 2.15. The molecule has 2 aromatic rings. The van der Waals surface area contributed by atoms with Crippen molar-refractivity contribution in [3.63, 3.8) is 0 Å². The van der Waals surface area contributed by atoms with E-state index in [2.05, 4.69) is 17.6 Å². The number of carboxylic acid groups (broad SMARTS) is 1. The van der Waals surface area contributed by atoms with E-state index in [1.54, 1.807) is 0 Å². The molecule has 0 aliphatic carbocycles. The molecule has 0 amide bonds. The molecule has 0 saturated carbocycles. The van der Waals surface area contributed by atoms with Crippen molar-refractivity contribution >= 4 is 5.97 Å². The van der Waals surface area contributed by atoms with E-state index in [1.165, 1.54) is 5.69 Å². The van der Waals surface area contributed by atoms with E-state index in [9.17, 15) is 4.79 Å². The minimum Gasteiger partial charge on any atom is -0.480 e. The van der Waals surface area contributed by atoms with E-state index in [1.807, 2.05) is 36.5 Å². The first-order valence-corrected chi connectivity index (χ1v) is 6.35. The molecule has 19 heavy (non-hydrogen) atoms. The molecule has 0 fully saturated rings. The molecule has 0 saturated heterocycles. The van der Waals surface area contributed by atoms with Crippen LogP contribution in [0.3, 0.4) is 0 Å². The molecule has 4 heteroatoms. The van der Waals surface area contributed by atoms with Gasteiger partial charge >= 0.3 is 5.97 Å². The molecule has 0 radical (unpaired) electrons. The quantitative estimate of drug-likeness (QED) is 0.861. The Morgan fingerprint density at radius 1 is 1.32 bits per heavy atom. The normalized spacial score (nSPS) is 12.3. The lowest BCUT2D eigenvalue weighted by molar-refractivity contribution is -0.138. The van der Waals surface area contributed by atoms with Crippen LogP contribution in [0.25, 0.3) is 5.69 Å². The second-order valence-corrected chi connectivity index (χ2v) is 4.54. The van der Waals surface area contributed by atoms with Crippen molar-refractivity contribution in [3.05, 3.63) is 53.9 Å². The van der Waals surface area contributed by atoms with E-state index >= 15 is 0 Å². The first-order chi connectivity index (χ1) is 9.11. The maximum atomic E-state index is 10.7.